The van der Waals surface area contributed by atoms with Gasteiger partial charge in [-0.15, -0.1) is 0 Å². The molecular weight excluding hydrogens is 350 g/mol. The number of likely N-dealkylation sites (tertiary alicyclic amines) is 1. The molecule has 1 aromatic rings. The summed E-state index contributed by atoms with van der Waals surface area (Å²) in [6, 6.07) is 1.71. The maximum atomic E-state index is 12.9. The molecule has 0 aromatic heterocycles. The number of methoxy groups -OCH3 is 3. The zero-order chi connectivity index (χ0) is 16.1. The Morgan fingerprint density at radius 3 is 2.09 bits per heavy atom. The summed E-state index contributed by atoms with van der Waals surface area (Å²) in [7, 11) is 4.64. The van der Waals surface area contributed by atoms with Crippen LogP contribution in [0, 0.1) is 0 Å². The molecule has 0 N–H and O–H groups in total. The highest BCUT2D eigenvalue weighted by Gasteiger charge is 2.26. The predicted molar refractivity (Wildman–Crippen MR) is 88.2 cm³/mol. The molecule has 122 valence electrons. The Morgan fingerprint density at radius 2 is 1.59 bits per heavy atom. The van der Waals surface area contributed by atoms with Crippen molar-refractivity contribution < 1.29 is 19.0 Å². The average Bonchev–Trinajstić information content (AvgIpc) is 2.82. The highest BCUT2D eigenvalue weighted by atomic mass is 79.9. The zero-order valence-corrected chi connectivity index (χ0v) is 14.9. The highest BCUT2D eigenvalue weighted by Crippen LogP contribution is 2.45. The molecule has 0 saturated carbocycles. The molecule has 0 bridgehead atoms. The van der Waals surface area contributed by atoms with Crippen molar-refractivity contribution in [3.8, 4) is 17.2 Å². The first kappa shape index (κ1) is 16.9. The van der Waals surface area contributed by atoms with E-state index in [0.717, 1.165) is 25.9 Å². The van der Waals surface area contributed by atoms with Crippen LogP contribution in [0.25, 0.3) is 0 Å². The van der Waals surface area contributed by atoms with Gasteiger partial charge in [-0.3, -0.25) is 4.79 Å². The Bertz CT molecular complexity index is 539. The molecule has 0 unspecified atom stereocenters. The minimum atomic E-state index is -0.00646. The second-order valence-electron chi connectivity index (χ2n) is 5.21. The van der Waals surface area contributed by atoms with Crippen molar-refractivity contribution in [2.45, 2.75) is 25.7 Å². The van der Waals surface area contributed by atoms with E-state index in [0.29, 0.717) is 27.3 Å². The van der Waals surface area contributed by atoms with Crippen LogP contribution in [-0.2, 0) is 0 Å². The van der Waals surface area contributed by atoms with Crippen molar-refractivity contribution >= 4 is 21.8 Å². The number of ether oxygens (including phenoxy) is 3. The first-order valence-corrected chi connectivity index (χ1v) is 8.21. The molecule has 1 heterocycles. The second-order valence-corrected chi connectivity index (χ2v) is 6.01. The van der Waals surface area contributed by atoms with Crippen molar-refractivity contribution in [3.63, 3.8) is 0 Å². The van der Waals surface area contributed by atoms with Crippen molar-refractivity contribution in [1.29, 1.82) is 0 Å². The predicted octanol–water partition coefficient (Wildman–Crippen LogP) is 3.49. The van der Waals surface area contributed by atoms with Crippen LogP contribution >= 0.6 is 15.9 Å². The summed E-state index contributed by atoms with van der Waals surface area (Å²) in [5, 5.41) is 0. The van der Waals surface area contributed by atoms with Crippen LogP contribution in [-0.4, -0.2) is 45.2 Å². The minimum absolute atomic E-state index is 0.00646. The summed E-state index contributed by atoms with van der Waals surface area (Å²) >= 11 is 3.48. The molecule has 1 amide bonds. The Kier molecular flexibility index (Phi) is 5.94. The topological polar surface area (TPSA) is 48.0 Å². The van der Waals surface area contributed by atoms with Gasteiger partial charge in [-0.05, 0) is 34.8 Å². The number of nitrogens with zero attached hydrogens (tertiary/aromatic N) is 1. The van der Waals surface area contributed by atoms with Crippen LogP contribution in [0.15, 0.2) is 10.5 Å². The molecule has 0 atom stereocenters. The van der Waals surface area contributed by atoms with Crippen LogP contribution in [0.5, 0.6) is 17.2 Å². The number of carbonyl (C=O) groups is 1. The monoisotopic (exact) mass is 371 g/mol. The van der Waals surface area contributed by atoms with E-state index >= 15 is 0 Å². The van der Waals surface area contributed by atoms with Crippen molar-refractivity contribution in [2.75, 3.05) is 34.4 Å². The SMILES string of the molecule is COc1cc(C(=O)N2CCCCCC2)c(Br)c(OC)c1OC. The summed E-state index contributed by atoms with van der Waals surface area (Å²) in [4.78, 5) is 14.8. The molecule has 1 fully saturated rings. The van der Waals surface area contributed by atoms with E-state index in [9.17, 15) is 4.79 Å². The molecule has 22 heavy (non-hydrogen) atoms. The highest BCUT2D eigenvalue weighted by molar-refractivity contribution is 9.10. The van der Waals surface area contributed by atoms with Gasteiger partial charge in [-0.1, -0.05) is 12.8 Å². The molecule has 5 nitrogen and oxygen atoms in total. The van der Waals surface area contributed by atoms with E-state index < -0.39 is 0 Å². The first-order chi connectivity index (χ1) is 10.6. The molecule has 0 radical (unpaired) electrons. The largest absolute Gasteiger partial charge is 0.493 e. The number of carbonyl (C=O) groups excluding carboxylic acids is 1. The van der Waals surface area contributed by atoms with Crippen LogP contribution < -0.4 is 14.2 Å². The Balaban J connectivity index is 2.43. The van der Waals surface area contributed by atoms with Gasteiger partial charge in [-0.25, -0.2) is 0 Å². The number of benzene rings is 1. The fourth-order valence-electron chi connectivity index (χ4n) is 2.72. The van der Waals surface area contributed by atoms with Crippen molar-refractivity contribution in [3.05, 3.63) is 16.1 Å². The smallest absolute Gasteiger partial charge is 0.255 e. The van der Waals surface area contributed by atoms with Crippen LogP contribution in [0.2, 0.25) is 0 Å². The van der Waals surface area contributed by atoms with E-state index in [4.69, 9.17) is 14.2 Å². The Hall–Kier alpha value is -1.43. The molecular formula is C16H22BrNO4. The lowest BCUT2D eigenvalue weighted by Gasteiger charge is -2.23. The van der Waals surface area contributed by atoms with Gasteiger partial charge in [0.2, 0.25) is 5.75 Å². The van der Waals surface area contributed by atoms with Gasteiger partial charge in [0.1, 0.15) is 0 Å². The quantitative estimate of drug-likeness (QED) is 0.812. The van der Waals surface area contributed by atoms with E-state index in [2.05, 4.69) is 15.9 Å². The van der Waals surface area contributed by atoms with Crippen molar-refractivity contribution in [1.82, 2.24) is 4.90 Å². The van der Waals surface area contributed by atoms with Gasteiger partial charge in [-0.2, -0.15) is 0 Å². The summed E-state index contributed by atoms with van der Waals surface area (Å²) in [5.41, 5.74) is 0.538. The van der Waals surface area contributed by atoms with Gasteiger partial charge in [0.25, 0.3) is 5.91 Å². The van der Waals surface area contributed by atoms with Gasteiger partial charge < -0.3 is 19.1 Å². The van der Waals surface area contributed by atoms with Gasteiger partial charge >= 0.3 is 0 Å². The average molecular weight is 372 g/mol. The molecule has 2 rings (SSSR count). The third-order valence-electron chi connectivity index (χ3n) is 3.89. The molecule has 1 aliphatic heterocycles. The summed E-state index contributed by atoms with van der Waals surface area (Å²) in [5.74, 6) is 1.43. The number of rotatable bonds is 4. The standard InChI is InChI=1S/C16H22BrNO4/c1-20-12-10-11(13(17)15(22-3)14(12)21-2)16(19)18-8-6-4-5-7-9-18/h10H,4-9H2,1-3H3. The summed E-state index contributed by atoms with van der Waals surface area (Å²) in [6.45, 7) is 1.59. The van der Waals surface area contributed by atoms with Gasteiger partial charge in [0, 0.05) is 13.1 Å². The molecule has 1 aliphatic rings. The summed E-state index contributed by atoms with van der Waals surface area (Å²) in [6.07, 6.45) is 4.46. The molecule has 1 aromatic carbocycles. The first-order valence-electron chi connectivity index (χ1n) is 7.41. The minimum Gasteiger partial charge on any atom is -0.493 e. The van der Waals surface area contributed by atoms with Crippen LogP contribution in [0.4, 0.5) is 0 Å². The lowest BCUT2D eigenvalue weighted by molar-refractivity contribution is 0.0759. The number of hydrogen-bond acceptors (Lipinski definition) is 4. The Morgan fingerprint density at radius 1 is 1.00 bits per heavy atom. The van der Waals surface area contributed by atoms with E-state index in [1.54, 1.807) is 27.4 Å². The molecule has 0 aliphatic carbocycles. The van der Waals surface area contributed by atoms with E-state index in [-0.39, 0.29) is 5.91 Å². The number of hydrogen-bond donors (Lipinski definition) is 0. The van der Waals surface area contributed by atoms with E-state index in [1.165, 1.54) is 12.8 Å². The molecule has 0 spiro atoms. The molecule has 6 heteroatoms. The van der Waals surface area contributed by atoms with Gasteiger partial charge in [0.15, 0.2) is 11.5 Å². The van der Waals surface area contributed by atoms with E-state index in [1.807, 2.05) is 4.90 Å². The number of halogens is 1. The fourth-order valence-corrected chi connectivity index (χ4v) is 3.35. The Labute approximate surface area is 139 Å². The third-order valence-corrected chi connectivity index (χ3v) is 4.68. The molecule has 1 saturated heterocycles. The number of amides is 1. The lowest BCUT2D eigenvalue weighted by Crippen LogP contribution is -2.32. The summed E-state index contributed by atoms with van der Waals surface area (Å²) < 4.78 is 16.7. The van der Waals surface area contributed by atoms with Crippen LogP contribution in [0.1, 0.15) is 36.0 Å². The van der Waals surface area contributed by atoms with Gasteiger partial charge in [0.05, 0.1) is 31.4 Å². The third kappa shape index (κ3) is 3.32. The maximum Gasteiger partial charge on any atom is 0.255 e. The normalized spacial score (nSPS) is 15.2. The fraction of sp³-hybridized carbons (Fsp3) is 0.562. The second kappa shape index (κ2) is 7.72. The van der Waals surface area contributed by atoms with Crippen LogP contribution in [0.3, 0.4) is 0 Å². The lowest BCUT2D eigenvalue weighted by atomic mass is 10.1. The maximum absolute atomic E-state index is 12.9. The zero-order valence-electron chi connectivity index (χ0n) is 13.3. The van der Waals surface area contributed by atoms with Crippen molar-refractivity contribution in [2.24, 2.45) is 0 Å².